The highest BCUT2D eigenvalue weighted by atomic mass is 35.5. The number of benzene rings is 2. The van der Waals surface area contributed by atoms with Crippen LogP contribution in [-0.4, -0.2) is 28.6 Å². The average molecular weight is 550 g/mol. The van der Waals surface area contributed by atoms with E-state index in [0.29, 0.717) is 38.1 Å². The number of anilines is 1. The van der Waals surface area contributed by atoms with Crippen molar-refractivity contribution in [2.45, 2.75) is 12.7 Å². The number of carbonyl (C=O) groups excluding carboxylic acids is 1. The summed E-state index contributed by atoms with van der Waals surface area (Å²) in [6.45, 7) is 1.86. The second-order valence-electron chi connectivity index (χ2n) is 7.49. The normalized spacial score (nSPS) is 11.0. The predicted octanol–water partition coefficient (Wildman–Crippen LogP) is 5.71. The summed E-state index contributed by atoms with van der Waals surface area (Å²) in [6, 6.07) is 15.8. The van der Waals surface area contributed by atoms with Crippen LogP contribution >= 0.6 is 23.2 Å². The molecule has 37 heavy (non-hydrogen) atoms. The number of hydrazine groups is 1. The van der Waals surface area contributed by atoms with Gasteiger partial charge in [0.15, 0.2) is 5.82 Å². The molecular weight excluding hydrogens is 530 g/mol. The maximum absolute atomic E-state index is 13.7. The Balaban J connectivity index is 0.00000186. The van der Waals surface area contributed by atoms with Crippen molar-refractivity contribution < 1.29 is 18.0 Å². The molecule has 2 N–H and O–H groups in total. The van der Waals surface area contributed by atoms with E-state index in [1.807, 2.05) is 6.79 Å². The smallest absolute Gasteiger partial charge is 0.307 e. The van der Waals surface area contributed by atoms with Crippen molar-refractivity contribution in [2.24, 2.45) is 0 Å². The van der Waals surface area contributed by atoms with Gasteiger partial charge in [-0.05, 0) is 47.5 Å². The van der Waals surface area contributed by atoms with E-state index >= 15 is 0 Å². The molecule has 192 valence electrons. The van der Waals surface area contributed by atoms with Crippen LogP contribution in [0.4, 0.5) is 19.0 Å². The third-order valence-electron chi connectivity index (χ3n) is 5.13. The summed E-state index contributed by atoms with van der Waals surface area (Å²) in [5.74, 6) is 0.325. The van der Waals surface area contributed by atoms with Crippen LogP contribution in [0.1, 0.15) is 11.3 Å². The second kappa shape index (κ2) is 12.0. The van der Waals surface area contributed by atoms with Gasteiger partial charge in [-0.3, -0.25) is 9.78 Å². The van der Waals surface area contributed by atoms with Gasteiger partial charge >= 0.3 is 6.18 Å². The molecule has 2 heterocycles. The van der Waals surface area contributed by atoms with E-state index < -0.39 is 17.3 Å². The lowest BCUT2D eigenvalue weighted by atomic mass is 9.96. The van der Waals surface area contributed by atoms with E-state index in [-0.39, 0.29) is 12.2 Å². The molecule has 4 aromatic rings. The molecule has 0 aliphatic heterocycles. The molecule has 0 unspecified atom stereocenters. The molecule has 0 aliphatic carbocycles. The van der Waals surface area contributed by atoms with Gasteiger partial charge in [0.25, 0.3) is 5.56 Å². The summed E-state index contributed by atoms with van der Waals surface area (Å²) in [7, 11) is 1.64. The van der Waals surface area contributed by atoms with Crippen LogP contribution in [0.15, 0.2) is 71.7 Å². The maximum Gasteiger partial charge on any atom is 0.417 e. The lowest BCUT2D eigenvalue weighted by Gasteiger charge is -2.18. The number of alkyl halides is 3. The minimum Gasteiger partial charge on any atom is -0.307 e. The van der Waals surface area contributed by atoms with E-state index in [4.69, 9.17) is 28.0 Å². The van der Waals surface area contributed by atoms with Gasteiger partial charge in [0.05, 0.1) is 23.4 Å². The Morgan fingerprint density at radius 1 is 0.892 bits per heavy atom. The summed E-state index contributed by atoms with van der Waals surface area (Å²) in [4.78, 5) is 25.6. The average Bonchev–Trinajstić information content (AvgIpc) is 2.88. The monoisotopic (exact) mass is 549 g/mol. The number of pyridine rings is 1. The van der Waals surface area contributed by atoms with Gasteiger partial charge in [-0.25, -0.2) is 10.1 Å². The molecule has 2 aromatic carbocycles. The van der Waals surface area contributed by atoms with Crippen LogP contribution in [0.25, 0.3) is 22.3 Å². The third-order valence-corrected chi connectivity index (χ3v) is 5.63. The lowest BCUT2D eigenvalue weighted by molar-refractivity contribution is -0.137. The summed E-state index contributed by atoms with van der Waals surface area (Å²) in [6.07, 6.45) is -3.78. The molecule has 7 nitrogen and oxygen atoms in total. The van der Waals surface area contributed by atoms with Crippen molar-refractivity contribution >= 4 is 35.8 Å². The van der Waals surface area contributed by atoms with Gasteiger partial charge in [0.1, 0.15) is 6.79 Å². The number of nitrogens with one attached hydrogen (secondary N) is 2. The molecule has 0 atom stereocenters. The highest BCUT2D eigenvalue weighted by Gasteiger charge is 2.30. The van der Waals surface area contributed by atoms with Crippen LogP contribution in [0, 0.1) is 0 Å². The van der Waals surface area contributed by atoms with Crippen molar-refractivity contribution in [1.29, 1.82) is 0 Å². The zero-order chi connectivity index (χ0) is 27.2. The van der Waals surface area contributed by atoms with Crippen molar-refractivity contribution in [2.75, 3.05) is 12.5 Å². The molecule has 12 heteroatoms. The van der Waals surface area contributed by atoms with Gasteiger partial charge in [-0.15, -0.1) is 5.10 Å². The first-order chi connectivity index (χ1) is 17.7. The summed E-state index contributed by atoms with van der Waals surface area (Å²) >= 11 is 12.1. The fourth-order valence-electron chi connectivity index (χ4n) is 3.50. The first kappa shape index (κ1) is 27.9. The largest absolute Gasteiger partial charge is 0.417 e. The third kappa shape index (κ3) is 6.53. The Kier molecular flexibility index (Phi) is 9.04. The molecule has 0 spiro atoms. The lowest BCUT2D eigenvalue weighted by Crippen LogP contribution is -2.29. The first-order valence-electron chi connectivity index (χ1n) is 10.6. The van der Waals surface area contributed by atoms with Gasteiger partial charge in [-0.2, -0.15) is 13.2 Å². The molecule has 0 fully saturated rings. The molecule has 0 aliphatic rings. The topological polar surface area (TPSA) is 88.9 Å². The Hall–Kier alpha value is -3.73. The minimum atomic E-state index is -4.51. The van der Waals surface area contributed by atoms with Gasteiger partial charge < -0.3 is 10.2 Å². The zero-order valence-corrected chi connectivity index (χ0v) is 20.8. The quantitative estimate of drug-likeness (QED) is 0.299. The number of carbonyl (C=O) groups is 1. The van der Waals surface area contributed by atoms with Crippen LogP contribution in [0.3, 0.4) is 0 Å². The number of aromatic nitrogens is 3. The Morgan fingerprint density at radius 3 is 1.89 bits per heavy atom. The van der Waals surface area contributed by atoms with Gasteiger partial charge in [0, 0.05) is 28.9 Å². The van der Waals surface area contributed by atoms with E-state index in [2.05, 4.69) is 20.9 Å². The summed E-state index contributed by atoms with van der Waals surface area (Å²) < 4.78 is 39.9. The van der Waals surface area contributed by atoms with Crippen molar-refractivity contribution in [3.8, 4) is 22.3 Å². The molecule has 4 rings (SSSR count). The first-order valence-corrected chi connectivity index (χ1v) is 11.3. The molecular formula is C25H20Cl2F3N5O2. The maximum atomic E-state index is 13.7. The van der Waals surface area contributed by atoms with Gasteiger partial charge in [0.2, 0.25) is 0 Å². The van der Waals surface area contributed by atoms with E-state index in [1.54, 1.807) is 55.6 Å². The standard InChI is InChI=1S/C24H18Cl2F3N5O.CH2O/c1-30-32-22-20(14-2-7-17(25)8-3-14)21(15-4-9-18(26)10-5-15)23(35)34(33-22)13-19-11-6-16(12-31-19)24(27,28)29;1-2/h2-12,30H,13H2,1H3,(H,32,33);1H2. The molecule has 0 amide bonds. The Labute approximate surface area is 219 Å². The molecule has 0 saturated heterocycles. The van der Waals surface area contributed by atoms with Crippen LogP contribution < -0.4 is 16.4 Å². The minimum absolute atomic E-state index is 0.142. The number of halogens is 5. The Bertz CT molecular complexity index is 1410. The van der Waals surface area contributed by atoms with Gasteiger partial charge in [-0.1, -0.05) is 47.5 Å². The highest BCUT2D eigenvalue weighted by molar-refractivity contribution is 6.31. The van der Waals surface area contributed by atoms with Crippen LogP contribution in [-0.2, 0) is 17.5 Å². The number of hydrogen-bond acceptors (Lipinski definition) is 6. The SMILES string of the molecule is C=O.CNNc1nn(Cc2ccc(C(F)(F)F)cn2)c(=O)c(-c2ccc(Cl)cc2)c1-c1ccc(Cl)cc1. The van der Waals surface area contributed by atoms with Crippen molar-refractivity contribution in [3.05, 3.63) is 98.5 Å². The fraction of sp³-hybridized carbons (Fsp3) is 0.120. The number of rotatable bonds is 6. The van der Waals surface area contributed by atoms with E-state index in [0.717, 1.165) is 16.9 Å². The fourth-order valence-corrected chi connectivity index (χ4v) is 3.76. The molecule has 2 aromatic heterocycles. The molecule has 0 radical (unpaired) electrons. The molecule has 0 saturated carbocycles. The van der Waals surface area contributed by atoms with Crippen LogP contribution in [0.2, 0.25) is 10.0 Å². The highest BCUT2D eigenvalue weighted by Crippen LogP contribution is 2.35. The number of hydrogen-bond donors (Lipinski definition) is 2. The molecule has 0 bridgehead atoms. The van der Waals surface area contributed by atoms with Crippen molar-refractivity contribution in [1.82, 2.24) is 20.2 Å². The second-order valence-corrected chi connectivity index (χ2v) is 8.36. The zero-order valence-electron chi connectivity index (χ0n) is 19.3. The summed E-state index contributed by atoms with van der Waals surface area (Å²) in [5.41, 5.74) is 6.76. The predicted molar refractivity (Wildman–Crippen MR) is 138 cm³/mol. The van der Waals surface area contributed by atoms with Crippen LogP contribution in [0.5, 0.6) is 0 Å². The van der Waals surface area contributed by atoms with E-state index in [1.165, 1.54) is 6.07 Å². The number of nitrogens with zero attached hydrogens (tertiary/aromatic N) is 3. The Morgan fingerprint density at radius 2 is 1.43 bits per heavy atom. The van der Waals surface area contributed by atoms with E-state index in [9.17, 15) is 18.0 Å². The van der Waals surface area contributed by atoms with Crippen molar-refractivity contribution in [3.63, 3.8) is 0 Å². The summed E-state index contributed by atoms with van der Waals surface area (Å²) in [5, 5.41) is 5.47.